The average molecular weight is 573 g/mol. The summed E-state index contributed by atoms with van der Waals surface area (Å²) < 4.78 is 40.4. The molecule has 0 spiro atoms. The third-order valence-electron chi connectivity index (χ3n) is 7.55. The van der Waals surface area contributed by atoms with Gasteiger partial charge >= 0.3 is 0 Å². The Labute approximate surface area is 233 Å². The van der Waals surface area contributed by atoms with E-state index in [0.717, 1.165) is 37.8 Å². The van der Waals surface area contributed by atoms with Gasteiger partial charge in [0.15, 0.2) is 11.6 Å². The second-order valence-electron chi connectivity index (χ2n) is 10.00. The number of nitrogens with zero attached hydrogens (tertiary/aromatic N) is 3. The van der Waals surface area contributed by atoms with Crippen molar-refractivity contribution in [3.05, 3.63) is 35.5 Å². The molecule has 1 saturated carbocycles. The molecule has 2 aliphatic rings. The molecule has 0 radical (unpaired) electrons. The highest BCUT2D eigenvalue weighted by atomic mass is 35.5. The van der Waals surface area contributed by atoms with Crippen LogP contribution in [0.2, 0.25) is 0 Å². The molecule has 12 heteroatoms. The molecule has 4 rings (SSSR count). The molecule has 2 aromatic rings. The van der Waals surface area contributed by atoms with E-state index in [0.29, 0.717) is 56.0 Å². The highest BCUT2D eigenvalue weighted by molar-refractivity contribution is 5.99. The summed E-state index contributed by atoms with van der Waals surface area (Å²) in [6.07, 6.45) is 5.38. The number of nitrogens with two attached hydrogens (primary N) is 1. The van der Waals surface area contributed by atoms with Crippen LogP contribution < -0.4 is 5.73 Å². The number of carbonyl (C=O) groups excluding carboxylic acids is 2. The van der Waals surface area contributed by atoms with Crippen LogP contribution in [-0.4, -0.2) is 96.5 Å². The van der Waals surface area contributed by atoms with Gasteiger partial charge in [0.05, 0.1) is 44.6 Å². The number of benzene rings is 1. The van der Waals surface area contributed by atoms with Crippen LogP contribution >= 0.6 is 12.4 Å². The number of halogens is 3. The summed E-state index contributed by atoms with van der Waals surface area (Å²) in [5.41, 5.74) is 7.03. The number of hydrogen-bond donors (Lipinski definition) is 2. The highest BCUT2D eigenvalue weighted by Gasteiger charge is 2.33. The summed E-state index contributed by atoms with van der Waals surface area (Å²) in [5.74, 6) is -2.07. The van der Waals surface area contributed by atoms with Gasteiger partial charge in [-0.2, -0.15) is 0 Å². The zero-order valence-corrected chi connectivity index (χ0v) is 23.0. The zero-order valence-electron chi connectivity index (χ0n) is 22.2. The van der Waals surface area contributed by atoms with E-state index in [1.807, 2.05) is 0 Å². The van der Waals surface area contributed by atoms with E-state index in [-0.39, 0.29) is 56.5 Å². The second-order valence-corrected chi connectivity index (χ2v) is 10.00. The first kappa shape index (κ1) is 31.2. The van der Waals surface area contributed by atoms with Gasteiger partial charge in [-0.05, 0) is 30.9 Å². The molecule has 1 unspecified atom stereocenters. The van der Waals surface area contributed by atoms with Crippen LogP contribution in [0.15, 0.2) is 18.2 Å². The molecular weight excluding hydrogens is 534 g/mol. The van der Waals surface area contributed by atoms with Crippen molar-refractivity contribution in [2.45, 2.75) is 44.7 Å². The molecule has 218 valence electrons. The Morgan fingerprint density at radius 2 is 1.54 bits per heavy atom. The maximum atomic E-state index is 14.1. The Kier molecular flexibility index (Phi) is 11.9. The predicted molar refractivity (Wildman–Crippen MR) is 145 cm³/mol. The molecule has 9 nitrogen and oxygen atoms in total. The van der Waals surface area contributed by atoms with Gasteiger partial charge in [0.2, 0.25) is 5.91 Å². The third kappa shape index (κ3) is 7.67. The highest BCUT2D eigenvalue weighted by Crippen LogP contribution is 2.27. The molecule has 3 N–H and O–H groups in total. The fourth-order valence-electron chi connectivity index (χ4n) is 5.41. The van der Waals surface area contributed by atoms with Crippen LogP contribution in [0, 0.1) is 17.6 Å². The second kappa shape index (κ2) is 14.9. The lowest BCUT2D eigenvalue weighted by molar-refractivity contribution is -0.135. The molecule has 0 bridgehead atoms. The Balaban J connectivity index is 0.00000420. The Morgan fingerprint density at radius 3 is 2.21 bits per heavy atom. The Bertz CT molecular complexity index is 1100. The maximum absolute atomic E-state index is 14.1. The minimum absolute atomic E-state index is 0. The van der Waals surface area contributed by atoms with Gasteiger partial charge in [-0.1, -0.05) is 19.3 Å². The van der Waals surface area contributed by atoms with Crippen LogP contribution in [0.1, 0.15) is 42.6 Å². The van der Waals surface area contributed by atoms with Crippen molar-refractivity contribution < 1.29 is 33.0 Å². The van der Waals surface area contributed by atoms with Gasteiger partial charge in [-0.15, -0.1) is 12.4 Å². The number of hydrogen-bond acceptors (Lipinski definition) is 6. The van der Waals surface area contributed by atoms with E-state index in [4.69, 9.17) is 20.3 Å². The number of amides is 2. The Hall–Kier alpha value is -2.31. The fraction of sp³-hybridized carbons (Fsp3) is 0.630. The molecule has 1 aliphatic carbocycles. The number of carbonyl (C=O) groups is 2. The van der Waals surface area contributed by atoms with E-state index in [1.165, 1.54) is 6.42 Å². The quantitative estimate of drug-likeness (QED) is 0.401. The molecule has 1 atom stereocenters. The van der Waals surface area contributed by atoms with Crippen LogP contribution in [0.5, 0.6) is 0 Å². The summed E-state index contributed by atoms with van der Waals surface area (Å²) in [4.78, 5) is 29.9. The van der Waals surface area contributed by atoms with Crippen molar-refractivity contribution in [3.63, 3.8) is 0 Å². The summed E-state index contributed by atoms with van der Waals surface area (Å²) in [6, 6.07) is 3.25. The number of aromatic nitrogens is 1. The minimum Gasteiger partial charge on any atom is -0.394 e. The molecule has 1 saturated heterocycles. The van der Waals surface area contributed by atoms with Crippen molar-refractivity contribution >= 4 is 35.1 Å². The van der Waals surface area contributed by atoms with Crippen molar-refractivity contribution in [1.82, 2.24) is 14.4 Å². The number of aliphatic hydroxyl groups is 1. The van der Waals surface area contributed by atoms with E-state index in [2.05, 4.69) is 0 Å². The normalized spacial score (nSPS) is 17.3. The van der Waals surface area contributed by atoms with Crippen molar-refractivity contribution in [2.75, 3.05) is 59.2 Å². The summed E-state index contributed by atoms with van der Waals surface area (Å²) in [5, 5.41) is 9.18. The fourth-order valence-corrected chi connectivity index (χ4v) is 5.41. The smallest absolute Gasteiger partial charge is 0.270 e. The number of piperazine rings is 1. The average Bonchev–Trinajstić information content (AvgIpc) is 3.29. The molecule has 2 heterocycles. The van der Waals surface area contributed by atoms with Crippen molar-refractivity contribution in [1.29, 1.82) is 0 Å². The van der Waals surface area contributed by atoms with Gasteiger partial charge in [-0.3, -0.25) is 9.59 Å². The van der Waals surface area contributed by atoms with E-state index >= 15 is 0 Å². The lowest BCUT2D eigenvalue weighted by Gasteiger charge is -2.37. The first-order valence-electron chi connectivity index (χ1n) is 13.5. The van der Waals surface area contributed by atoms with Gasteiger partial charge in [0, 0.05) is 44.2 Å². The van der Waals surface area contributed by atoms with Gasteiger partial charge in [0.25, 0.3) is 5.91 Å². The maximum Gasteiger partial charge on any atom is 0.270 e. The first-order chi connectivity index (χ1) is 18.4. The molecule has 1 aromatic carbocycles. The van der Waals surface area contributed by atoms with Crippen LogP contribution in [-0.2, 0) is 20.8 Å². The van der Waals surface area contributed by atoms with Gasteiger partial charge in [0.1, 0.15) is 5.69 Å². The standard InChI is InChI=1S/C27H38F2N4O5.ClH/c28-21-16-20-17-24(33(23(20)18-22(21)29)10-12-37-14-15-38-13-11-34)26(35)31-6-8-32(9-7-31)27(36)25(30)19-4-2-1-3-5-19;/h16-19,25,34H,1-15,30H2;1H. The number of ether oxygens (including phenoxy) is 2. The predicted octanol–water partition coefficient (Wildman–Crippen LogP) is 2.56. The van der Waals surface area contributed by atoms with Crippen molar-refractivity contribution in [2.24, 2.45) is 11.7 Å². The van der Waals surface area contributed by atoms with Crippen LogP contribution in [0.25, 0.3) is 10.9 Å². The number of aliphatic hydroxyl groups excluding tert-OH is 1. The topological polar surface area (TPSA) is 110 Å². The monoisotopic (exact) mass is 572 g/mol. The lowest BCUT2D eigenvalue weighted by atomic mass is 9.83. The van der Waals surface area contributed by atoms with Crippen LogP contribution in [0.3, 0.4) is 0 Å². The Morgan fingerprint density at radius 1 is 0.923 bits per heavy atom. The molecule has 2 fully saturated rings. The van der Waals surface area contributed by atoms with Gasteiger partial charge < -0.3 is 34.7 Å². The summed E-state index contributed by atoms with van der Waals surface area (Å²) in [7, 11) is 0. The van der Waals surface area contributed by atoms with Gasteiger partial charge in [-0.25, -0.2) is 8.78 Å². The lowest BCUT2D eigenvalue weighted by Crippen LogP contribution is -2.56. The van der Waals surface area contributed by atoms with E-state index in [9.17, 15) is 18.4 Å². The number of rotatable bonds is 11. The third-order valence-corrected chi connectivity index (χ3v) is 7.55. The van der Waals surface area contributed by atoms with E-state index in [1.54, 1.807) is 20.4 Å². The summed E-state index contributed by atoms with van der Waals surface area (Å²) >= 11 is 0. The molecular formula is C27H39ClF2N4O5. The van der Waals surface area contributed by atoms with Crippen molar-refractivity contribution in [3.8, 4) is 0 Å². The molecule has 1 aromatic heterocycles. The molecule has 2 amide bonds. The summed E-state index contributed by atoms with van der Waals surface area (Å²) in [6.45, 7) is 2.74. The number of fused-ring (bicyclic) bond motifs is 1. The zero-order chi connectivity index (χ0) is 27.1. The SMILES string of the molecule is Cl.NC(C(=O)N1CCN(C(=O)c2cc3cc(F)c(F)cc3n2CCOCCOCCO)CC1)C1CCCCC1. The minimum atomic E-state index is -0.990. The molecule has 39 heavy (non-hydrogen) atoms. The largest absolute Gasteiger partial charge is 0.394 e. The van der Waals surface area contributed by atoms with E-state index < -0.39 is 17.7 Å². The first-order valence-corrected chi connectivity index (χ1v) is 13.5. The van der Waals surface area contributed by atoms with Crippen LogP contribution in [0.4, 0.5) is 8.78 Å². The molecule has 1 aliphatic heterocycles.